The number of allylic oxidation sites excluding steroid dienone is 4. The van der Waals surface area contributed by atoms with Crippen LogP contribution in [0.25, 0.3) is 5.57 Å². The van der Waals surface area contributed by atoms with E-state index in [1.807, 2.05) is 37.0 Å². The number of aliphatic imine (C=N–C) groups is 2. The lowest BCUT2D eigenvalue weighted by Crippen LogP contribution is -2.45. The number of nitrogens with one attached hydrogen (secondary N) is 1. The van der Waals surface area contributed by atoms with Gasteiger partial charge in [0.2, 0.25) is 0 Å². The van der Waals surface area contributed by atoms with Crippen molar-refractivity contribution >= 4 is 17.5 Å². The highest BCUT2D eigenvalue weighted by Gasteiger charge is 2.21. The third kappa shape index (κ3) is 6.17. The Kier molecular flexibility index (Phi) is 8.59. The molecule has 0 saturated carbocycles. The third-order valence-corrected chi connectivity index (χ3v) is 4.92. The minimum absolute atomic E-state index is 0.239. The van der Waals surface area contributed by atoms with Gasteiger partial charge < -0.3 is 16.0 Å². The Morgan fingerprint density at radius 2 is 2.07 bits per heavy atom. The van der Waals surface area contributed by atoms with Crippen molar-refractivity contribution in [3.63, 3.8) is 0 Å². The molecule has 0 spiro atoms. The van der Waals surface area contributed by atoms with Crippen LogP contribution in [-0.2, 0) is 6.42 Å². The molecule has 160 valence electrons. The molecule has 0 amide bonds. The number of hydrogen-bond donors (Lipinski definition) is 2. The molecule has 2 rings (SSSR count). The van der Waals surface area contributed by atoms with Crippen LogP contribution in [-0.4, -0.2) is 37.0 Å². The van der Waals surface area contributed by atoms with Crippen molar-refractivity contribution in [3.05, 3.63) is 77.8 Å². The molecule has 0 unspecified atom stereocenters. The third-order valence-electron chi connectivity index (χ3n) is 4.92. The quantitative estimate of drug-likeness (QED) is 0.563. The van der Waals surface area contributed by atoms with Crippen LogP contribution in [0.3, 0.4) is 0 Å². The Morgan fingerprint density at radius 1 is 1.33 bits per heavy atom. The molecule has 1 aromatic carbocycles. The number of benzene rings is 1. The molecule has 1 fully saturated rings. The summed E-state index contributed by atoms with van der Waals surface area (Å²) in [4.78, 5) is 10.6. The molecule has 1 aliphatic heterocycles. The summed E-state index contributed by atoms with van der Waals surface area (Å²) < 4.78 is 15.2. The predicted molar refractivity (Wildman–Crippen MR) is 126 cm³/mol. The van der Waals surface area contributed by atoms with Crippen molar-refractivity contribution < 1.29 is 4.39 Å². The summed E-state index contributed by atoms with van der Waals surface area (Å²) in [6.45, 7) is 13.3. The Labute approximate surface area is 179 Å². The molecular weight excluding hydrogens is 377 g/mol. The largest absolute Gasteiger partial charge is 0.386 e. The molecule has 1 aliphatic rings. The second kappa shape index (κ2) is 11.1. The fourth-order valence-corrected chi connectivity index (χ4v) is 3.06. The van der Waals surface area contributed by atoms with Crippen molar-refractivity contribution in [2.45, 2.75) is 33.1 Å². The Balaban J connectivity index is 2.05. The summed E-state index contributed by atoms with van der Waals surface area (Å²) in [6, 6.07) is 5.43. The van der Waals surface area contributed by atoms with Crippen LogP contribution in [0.2, 0.25) is 0 Å². The summed E-state index contributed by atoms with van der Waals surface area (Å²) >= 11 is 0. The summed E-state index contributed by atoms with van der Waals surface area (Å²) in [5.74, 6) is 0.985. The van der Waals surface area contributed by atoms with Crippen molar-refractivity contribution in [3.8, 4) is 0 Å². The van der Waals surface area contributed by atoms with E-state index in [4.69, 9.17) is 5.73 Å². The van der Waals surface area contributed by atoms with Gasteiger partial charge in [-0.2, -0.15) is 0 Å². The molecule has 0 aliphatic carbocycles. The zero-order valence-electron chi connectivity index (χ0n) is 18.2. The molecule has 30 heavy (non-hydrogen) atoms. The van der Waals surface area contributed by atoms with Gasteiger partial charge in [-0.25, -0.2) is 9.38 Å². The lowest BCUT2D eigenvalue weighted by Gasteiger charge is -2.33. The normalized spacial score (nSPS) is 14.7. The summed E-state index contributed by atoms with van der Waals surface area (Å²) in [7, 11) is 1.79. The van der Waals surface area contributed by atoms with Gasteiger partial charge >= 0.3 is 0 Å². The SMILES string of the molecule is C=C(CCc1cccc(C(/C=N\C(=C)N2CC(=NC)C2)=C/C)c1F)N/C(N)=C\CC. The van der Waals surface area contributed by atoms with E-state index in [0.717, 1.165) is 30.9 Å². The Hall–Kier alpha value is -3.15. The van der Waals surface area contributed by atoms with E-state index in [-0.39, 0.29) is 5.82 Å². The van der Waals surface area contributed by atoms with Gasteiger partial charge in [-0.3, -0.25) is 4.99 Å². The fraction of sp³-hybridized carbons (Fsp3) is 0.333. The molecule has 0 radical (unpaired) electrons. The van der Waals surface area contributed by atoms with Crippen LogP contribution < -0.4 is 11.1 Å². The van der Waals surface area contributed by atoms with Crippen LogP contribution in [0.1, 0.15) is 37.8 Å². The summed E-state index contributed by atoms with van der Waals surface area (Å²) in [6.07, 6.45) is 7.36. The lowest BCUT2D eigenvalue weighted by molar-refractivity contribution is 0.384. The van der Waals surface area contributed by atoms with Gasteiger partial charge in [-0.1, -0.05) is 44.4 Å². The first-order valence-electron chi connectivity index (χ1n) is 10.2. The van der Waals surface area contributed by atoms with E-state index < -0.39 is 0 Å². The summed E-state index contributed by atoms with van der Waals surface area (Å²) in [5, 5.41) is 3.05. The first kappa shape index (κ1) is 23.1. The standard InChI is InChI=1S/C24H32FN5/c1-6-9-23(26)29-17(3)12-13-20-10-8-11-22(24(20)25)19(7-2)14-28-18(4)30-15-21(16-30)27-5/h7-11,14,29H,3-4,6,12-13,15-16,26H2,1-2,5H3/b19-7+,23-9-,28-14-. The number of nitrogens with zero attached hydrogens (tertiary/aromatic N) is 3. The van der Waals surface area contributed by atoms with E-state index in [2.05, 4.69) is 28.5 Å². The molecule has 6 heteroatoms. The van der Waals surface area contributed by atoms with Crippen molar-refractivity contribution in [2.75, 3.05) is 20.1 Å². The second-order valence-electron chi connectivity index (χ2n) is 7.14. The van der Waals surface area contributed by atoms with Crippen LogP contribution >= 0.6 is 0 Å². The minimum Gasteiger partial charge on any atom is -0.386 e. The average molecular weight is 410 g/mol. The van der Waals surface area contributed by atoms with E-state index in [1.165, 1.54) is 0 Å². The van der Waals surface area contributed by atoms with E-state index in [1.54, 1.807) is 25.4 Å². The number of nitrogens with two attached hydrogens (primary N) is 1. The lowest BCUT2D eigenvalue weighted by atomic mass is 9.99. The van der Waals surface area contributed by atoms with Crippen LogP contribution in [0.4, 0.5) is 4.39 Å². The Bertz CT molecular complexity index is 900. The molecule has 3 N–H and O–H groups in total. The predicted octanol–water partition coefficient (Wildman–Crippen LogP) is 4.40. The number of hydrogen-bond acceptors (Lipinski definition) is 5. The first-order valence-corrected chi connectivity index (χ1v) is 10.2. The minimum atomic E-state index is -0.239. The maximum Gasteiger partial charge on any atom is 0.134 e. The van der Waals surface area contributed by atoms with Crippen molar-refractivity contribution in [1.29, 1.82) is 0 Å². The van der Waals surface area contributed by atoms with Gasteiger partial charge in [-0.15, -0.1) is 0 Å². The number of aryl methyl sites for hydroxylation is 1. The Morgan fingerprint density at radius 3 is 2.70 bits per heavy atom. The molecule has 0 aromatic heterocycles. The van der Waals surface area contributed by atoms with Crippen molar-refractivity contribution in [2.24, 2.45) is 15.7 Å². The number of rotatable bonds is 10. The zero-order chi connectivity index (χ0) is 22.1. The van der Waals surface area contributed by atoms with Gasteiger partial charge in [0.15, 0.2) is 0 Å². The average Bonchev–Trinajstić information content (AvgIpc) is 2.68. The van der Waals surface area contributed by atoms with Crippen LogP contribution in [0, 0.1) is 5.82 Å². The highest BCUT2D eigenvalue weighted by molar-refractivity contribution is 6.10. The van der Waals surface area contributed by atoms with Crippen molar-refractivity contribution in [1.82, 2.24) is 10.2 Å². The van der Waals surface area contributed by atoms with Gasteiger partial charge in [0.05, 0.1) is 24.6 Å². The van der Waals surface area contributed by atoms with Crippen LogP contribution in [0.15, 0.2) is 70.8 Å². The highest BCUT2D eigenvalue weighted by atomic mass is 19.1. The second-order valence-corrected chi connectivity index (χ2v) is 7.14. The fourth-order valence-electron chi connectivity index (χ4n) is 3.06. The monoisotopic (exact) mass is 409 g/mol. The van der Waals surface area contributed by atoms with Crippen LogP contribution in [0.5, 0.6) is 0 Å². The maximum absolute atomic E-state index is 15.2. The molecule has 5 nitrogen and oxygen atoms in total. The molecule has 0 atom stereocenters. The van der Waals surface area contributed by atoms with Gasteiger partial charge in [0.1, 0.15) is 11.6 Å². The molecular formula is C24H32FN5. The molecule has 1 saturated heterocycles. The first-order chi connectivity index (χ1) is 14.4. The highest BCUT2D eigenvalue weighted by Crippen LogP contribution is 2.22. The molecule has 1 aromatic rings. The molecule has 1 heterocycles. The zero-order valence-corrected chi connectivity index (χ0v) is 18.2. The topological polar surface area (TPSA) is 66.0 Å². The van der Waals surface area contributed by atoms with E-state index in [0.29, 0.717) is 41.2 Å². The van der Waals surface area contributed by atoms with Gasteiger partial charge in [0.25, 0.3) is 0 Å². The number of likely N-dealkylation sites (tertiary alicyclic amines) is 1. The van der Waals surface area contributed by atoms with E-state index >= 15 is 4.39 Å². The summed E-state index contributed by atoms with van der Waals surface area (Å²) in [5.41, 5.74) is 9.60. The van der Waals surface area contributed by atoms with Gasteiger partial charge in [-0.05, 0) is 43.4 Å². The molecule has 0 bridgehead atoms. The van der Waals surface area contributed by atoms with E-state index in [9.17, 15) is 0 Å². The maximum atomic E-state index is 15.2. The smallest absolute Gasteiger partial charge is 0.134 e. The number of halogens is 1. The van der Waals surface area contributed by atoms with Gasteiger partial charge in [0, 0.05) is 24.5 Å².